The molecule has 1 unspecified atom stereocenters. The highest BCUT2D eigenvalue weighted by Crippen LogP contribution is 2.04. The van der Waals surface area contributed by atoms with E-state index in [4.69, 9.17) is 5.11 Å². The molecule has 1 atom stereocenters. The number of aliphatic hydroxyl groups is 1. The molecule has 0 aliphatic rings. The minimum Gasteiger partial charge on any atom is -0.393 e. The van der Waals surface area contributed by atoms with Crippen LogP contribution in [0.25, 0.3) is 6.08 Å². The van der Waals surface area contributed by atoms with Gasteiger partial charge in [-0.3, -0.25) is 4.79 Å². The quantitative estimate of drug-likeness (QED) is 0.766. The summed E-state index contributed by atoms with van der Waals surface area (Å²) in [6.07, 6.45) is 2.97. The molecule has 3 nitrogen and oxygen atoms in total. The number of amides is 1. The molecule has 1 aromatic carbocycles. The van der Waals surface area contributed by atoms with Crippen LogP contribution in [0.1, 0.15) is 18.9 Å². The van der Waals surface area contributed by atoms with Crippen LogP contribution >= 0.6 is 0 Å². The second-order valence-electron chi connectivity index (χ2n) is 3.82. The molecule has 1 rings (SSSR count). The number of hydrogen-bond acceptors (Lipinski definition) is 2. The van der Waals surface area contributed by atoms with Gasteiger partial charge < -0.3 is 10.4 Å². The Balaban J connectivity index is 2.40. The van der Waals surface area contributed by atoms with Crippen molar-refractivity contribution in [3.8, 4) is 0 Å². The first-order valence-corrected chi connectivity index (χ1v) is 5.47. The molecule has 0 radical (unpaired) electrons. The molecule has 0 saturated heterocycles. The molecule has 0 aromatic heterocycles. The molecule has 0 aliphatic heterocycles. The van der Waals surface area contributed by atoms with E-state index in [1.54, 1.807) is 25.1 Å². The average Bonchev–Trinajstić information content (AvgIpc) is 2.26. The van der Waals surface area contributed by atoms with Crippen LogP contribution in [-0.2, 0) is 4.79 Å². The normalized spacial score (nSPS) is 12.6. The summed E-state index contributed by atoms with van der Waals surface area (Å²) in [6.45, 7) is 2.08. The number of hydrogen-bond donors (Lipinski definition) is 2. The first-order chi connectivity index (χ1) is 8.08. The van der Waals surface area contributed by atoms with E-state index in [1.807, 2.05) is 0 Å². The highest BCUT2D eigenvalue weighted by molar-refractivity contribution is 5.91. The van der Waals surface area contributed by atoms with E-state index in [-0.39, 0.29) is 11.7 Å². The third-order valence-corrected chi connectivity index (χ3v) is 2.14. The molecule has 4 heteroatoms. The van der Waals surface area contributed by atoms with Crippen LogP contribution in [0.3, 0.4) is 0 Å². The van der Waals surface area contributed by atoms with E-state index in [9.17, 15) is 9.18 Å². The van der Waals surface area contributed by atoms with Gasteiger partial charge in [0.15, 0.2) is 0 Å². The van der Waals surface area contributed by atoms with Crippen LogP contribution in [0.15, 0.2) is 30.3 Å². The molecule has 92 valence electrons. The molecule has 2 N–H and O–H groups in total. The van der Waals surface area contributed by atoms with Gasteiger partial charge in [-0.1, -0.05) is 12.1 Å². The van der Waals surface area contributed by atoms with E-state index < -0.39 is 6.10 Å². The van der Waals surface area contributed by atoms with Crippen molar-refractivity contribution in [1.82, 2.24) is 5.32 Å². The Morgan fingerprint density at radius 1 is 1.59 bits per heavy atom. The number of nitrogens with one attached hydrogen (secondary N) is 1. The Labute approximate surface area is 100.0 Å². The van der Waals surface area contributed by atoms with Crippen LogP contribution in [-0.4, -0.2) is 23.7 Å². The highest BCUT2D eigenvalue weighted by atomic mass is 19.1. The van der Waals surface area contributed by atoms with Crippen molar-refractivity contribution in [2.24, 2.45) is 0 Å². The van der Waals surface area contributed by atoms with E-state index >= 15 is 0 Å². The zero-order chi connectivity index (χ0) is 12.7. The van der Waals surface area contributed by atoms with Gasteiger partial charge in [0.25, 0.3) is 0 Å². The largest absolute Gasteiger partial charge is 0.393 e. The maximum absolute atomic E-state index is 12.8. The Morgan fingerprint density at radius 2 is 2.35 bits per heavy atom. The van der Waals surface area contributed by atoms with Crippen molar-refractivity contribution in [1.29, 1.82) is 0 Å². The van der Waals surface area contributed by atoms with Crippen molar-refractivity contribution in [3.05, 3.63) is 41.7 Å². The lowest BCUT2D eigenvalue weighted by Crippen LogP contribution is -2.24. The standard InChI is InChI=1S/C13H16FNO2/c1-10(16)7-8-15-13(17)6-5-11-3-2-4-12(14)9-11/h2-6,9-10,16H,7-8H2,1H3,(H,15,17). The molecule has 1 amide bonds. The van der Waals surface area contributed by atoms with E-state index in [0.717, 1.165) is 0 Å². The summed E-state index contributed by atoms with van der Waals surface area (Å²) >= 11 is 0. The molecule has 0 fully saturated rings. The first-order valence-electron chi connectivity index (χ1n) is 5.47. The summed E-state index contributed by atoms with van der Waals surface area (Å²) in [4.78, 5) is 11.3. The number of rotatable bonds is 5. The number of carbonyl (C=O) groups is 1. The van der Waals surface area contributed by atoms with Crippen LogP contribution in [0.5, 0.6) is 0 Å². The minimum atomic E-state index is -0.428. The topological polar surface area (TPSA) is 49.3 Å². The summed E-state index contributed by atoms with van der Waals surface area (Å²) < 4.78 is 12.8. The maximum Gasteiger partial charge on any atom is 0.244 e. The van der Waals surface area contributed by atoms with Crippen molar-refractivity contribution >= 4 is 12.0 Å². The van der Waals surface area contributed by atoms with Gasteiger partial charge in [-0.05, 0) is 37.1 Å². The Hall–Kier alpha value is -1.68. The van der Waals surface area contributed by atoms with Crippen LogP contribution in [0.2, 0.25) is 0 Å². The first kappa shape index (κ1) is 13.4. The molecule has 0 aliphatic carbocycles. The fourth-order valence-corrected chi connectivity index (χ4v) is 1.25. The van der Waals surface area contributed by atoms with E-state index in [0.29, 0.717) is 18.5 Å². The van der Waals surface area contributed by atoms with Gasteiger partial charge in [0, 0.05) is 12.6 Å². The molecule has 1 aromatic rings. The van der Waals surface area contributed by atoms with Gasteiger partial charge in [-0.2, -0.15) is 0 Å². The van der Waals surface area contributed by atoms with Crippen molar-refractivity contribution in [2.75, 3.05) is 6.54 Å². The lowest BCUT2D eigenvalue weighted by Gasteiger charge is -2.03. The SMILES string of the molecule is CC(O)CCNC(=O)C=Cc1cccc(F)c1. The second kappa shape index (κ2) is 6.81. The van der Waals surface area contributed by atoms with Gasteiger partial charge >= 0.3 is 0 Å². The average molecular weight is 237 g/mol. The van der Waals surface area contributed by atoms with E-state index in [1.165, 1.54) is 18.2 Å². The van der Waals surface area contributed by atoms with Gasteiger partial charge in [0.2, 0.25) is 5.91 Å². The number of halogens is 1. The van der Waals surface area contributed by atoms with Crippen LogP contribution < -0.4 is 5.32 Å². The van der Waals surface area contributed by atoms with Gasteiger partial charge in [0.05, 0.1) is 6.10 Å². The highest BCUT2D eigenvalue weighted by Gasteiger charge is 1.98. The summed E-state index contributed by atoms with van der Waals surface area (Å²) in [5.41, 5.74) is 0.635. The van der Waals surface area contributed by atoms with Gasteiger partial charge in [0.1, 0.15) is 5.82 Å². The monoisotopic (exact) mass is 237 g/mol. The molecule has 17 heavy (non-hydrogen) atoms. The summed E-state index contributed by atoms with van der Waals surface area (Å²) in [5.74, 6) is -0.587. The van der Waals surface area contributed by atoms with Crippen molar-refractivity contribution < 1.29 is 14.3 Å². The fourth-order valence-electron chi connectivity index (χ4n) is 1.25. The molecule has 0 saturated carbocycles. The number of aliphatic hydroxyl groups excluding tert-OH is 1. The molecule has 0 spiro atoms. The maximum atomic E-state index is 12.8. The summed E-state index contributed by atoms with van der Waals surface area (Å²) in [7, 11) is 0. The Bertz CT molecular complexity index is 402. The predicted molar refractivity (Wildman–Crippen MR) is 64.7 cm³/mol. The smallest absolute Gasteiger partial charge is 0.244 e. The van der Waals surface area contributed by atoms with Crippen LogP contribution in [0.4, 0.5) is 4.39 Å². The fraction of sp³-hybridized carbons (Fsp3) is 0.308. The third-order valence-electron chi connectivity index (χ3n) is 2.14. The summed E-state index contributed by atoms with van der Waals surface area (Å²) in [6, 6.07) is 5.99. The van der Waals surface area contributed by atoms with Gasteiger partial charge in [-0.15, -0.1) is 0 Å². The molecule has 0 bridgehead atoms. The lowest BCUT2D eigenvalue weighted by atomic mass is 10.2. The molecule has 0 heterocycles. The van der Waals surface area contributed by atoms with E-state index in [2.05, 4.69) is 5.32 Å². The zero-order valence-electron chi connectivity index (χ0n) is 9.69. The van der Waals surface area contributed by atoms with Crippen LogP contribution in [0, 0.1) is 5.82 Å². The Morgan fingerprint density at radius 3 is 3.00 bits per heavy atom. The van der Waals surface area contributed by atoms with Crippen molar-refractivity contribution in [2.45, 2.75) is 19.4 Å². The zero-order valence-corrected chi connectivity index (χ0v) is 9.69. The number of benzene rings is 1. The minimum absolute atomic E-state index is 0.255. The van der Waals surface area contributed by atoms with Crippen molar-refractivity contribution in [3.63, 3.8) is 0 Å². The lowest BCUT2D eigenvalue weighted by molar-refractivity contribution is -0.116. The third kappa shape index (κ3) is 5.82. The Kier molecular flexibility index (Phi) is 5.36. The molecular weight excluding hydrogens is 221 g/mol. The van der Waals surface area contributed by atoms with Gasteiger partial charge in [-0.25, -0.2) is 4.39 Å². The second-order valence-corrected chi connectivity index (χ2v) is 3.82. The summed E-state index contributed by atoms with van der Waals surface area (Å²) in [5, 5.41) is 11.6. The predicted octanol–water partition coefficient (Wildman–Crippen LogP) is 1.73. The molecular formula is C13H16FNO2. The number of carbonyl (C=O) groups excluding carboxylic acids is 1.